The number of halogens is 5. The second kappa shape index (κ2) is 7.64. The van der Waals surface area contributed by atoms with Crippen LogP contribution in [0.4, 0.5) is 22.0 Å². The van der Waals surface area contributed by atoms with E-state index in [1.807, 2.05) is 27.7 Å². The van der Waals surface area contributed by atoms with Crippen LogP contribution in [0.5, 0.6) is 5.75 Å². The van der Waals surface area contributed by atoms with Crippen LogP contribution in [0.3, 0.4) is 0 Å². The Morgan fingerprint density at radius 3 is 1.96 bits per heavy atom. The fourth-order valence-electron chi connectivity index (χ4n) is 2.45. The van der Waals surface area contributed by atoms with Crippen molar-refractivity contribution >= 4 is 13.2 Å². The van der Waals surface area contributed by atoms with Gasteiger partial charge >= 0.3 is 19.4 Å². The summed E-state index contributed by atoms with van der Waals surface area (Å²) >= 11 is 0. The van der Waals surface area contributed by atoms with Crippen molar-refractivity contribution in [2.24, 2.45) is 0 Å². The molecular weight excluding hydrogens is 384 g/mol. The van der Waals surface area contributed by atoms with Crippen LogP contribution in [0.25, 0.3) is 6.08 Å². The van der Waals surface area contributed by atoms with Crippen molar-refractivity contribution in [3.8, 4) is 5.75 Å². The normalized spacial score (nSPS) is 19.8. The van der Waals surface area contributed by atoms with Gasteiger partial charge in [0.1, 0.15) is 5.75 Å². The number of hydrogen-bond donors (Lipinski definition) is 1. The average molecular weight is 407 g/mol. The van der Waals surface area contributed by atoms with Gasteiger partial charge in [-0.2, -0.15) is 22.0 Å². The highest BCUT2D eigenvalue weighted by molar-refractivity contribution is 6.55. The van der Waals surface area contributed by atoms with Gasteiger partial charge in [-0.1, -0.05) is 18.2 Å². The molecule has 156 valence electrons. The van der Waals surface area contributed by atoms with Gasteiger partial charge in [-0.25, -0.2) is 0 Å². The van der Waals surface area contributed by atoms with E-state index in [2.05, 4.69) is 10.1 Å². The highest BCUT2D eigenvalue weighted by Crippen LogP contribution is 2.39. The monoisotopic (exact) mass is 407 g/mol. The molecule has 0 aromatic heterocycles. The largest absolute Gasteiger partial charge is 0.499 e. The van der Waals surface area contributed by atoms with Gasteiger partial charge in [-0.3, -0.25) is 0 Å². The lowest BCUT2D eigenvalue weighted by Gasteiger charge is -2.32. The Morgan fingerprint density at radius 1 is 1.04 bits per heavy atom. The van der Waals surface area contributed by atoms with Crippen LogP contribution in [0.2, 0.25) is 0 Å². The summed E-state index contributed by atoms with van der Waals surface area (Å²) in [5.74, 6) is -0.592. The maximum atomic E-state index is 13.0. The molecule has 0 spiro atoms. The van der Waals surface area contributed by atoms with Gasteiger partial charge in [-0.15, -0.1) is 0 Å². The third kappa shape index (κ3) is 4.85. The van der Waals surface area contributed by atoms with Crippen LogP contribution < -0.4 is 10.1 Å². The topological polar surface area (TPSA) is 39.7 Å². The number of benzene rings is 1. The van der Waals surface area contributed by atoms with E-state index in [4.69, 9.17) is 9.31 Å². The summed E-state index contributed by atoms with van der Waals surface area (Å²) in [5, 5.41) is 3.00. The zero-order chi connectivity index (χ0) is 21.4. The third-order valence-electron chi connectivity index (χ3n) is 4.75. The molecular formula is C18H23BF5NO3. The van der Waals surface area contributed by atoms with Crippen molar-refractivity contribution in [1.29, 1.82) is 0 Å². The third-order valence-corrected chi connectivity index (χ3v) is 4.75. The molecule has 4 nitrogen and oxygen atoms in total. The molecule has 1 aromatic rings. The molecule has 2 rings (SSSR count). The fraction of sp³-hybridized carbons (Fsp3) is 0.556. The van der Waals surface area contributed by atoms with Crippen molar-refractivity contribution < 1.29 is 36.0 Å². The Hall–Kier alpha value is -1.65. The summed E-state index contributed by atoms with van der Waals surface area (Å²) in [6.07, 6.45) is -9.32. The van der Waals surface area contributed by atoms with E-state index in [0.717, 1.165) is 17.6 Å². The van der Waals surface area contributed by atoms with Crippen molar-refractivity contribution in [3.63, 3.8) is 0 Å². The van der Waals surface area contributed by atoms with Crippen molar-refractivity contribution in [3.05, 3.63) is 35.3 Å². The van der Waals surface area contributed by atoms with Crippen molar-refractivity contribution in [2.45, 2.75) is 51.2 Å². The van der Waals surface area contributed by atoms with E-state index >= 15 is 0 Å². The predicted molar refractivity (Wildman–Crippen MR) is 96.1 cm³/mol. The minimum atomic E-state index is -5.79. The summed E-state index contributed by atoms with van der Waals surface area (Å²) in [7, 11) is 1.12. The zero-order valence-electron chi connectivity index (χ0n) is 16.3. The molecule has 0 unspecified atom stereocenters. The summed E-state index contributed by atoms with van der Waals surface area (Å²) in [6, 6.07) is 4.85. The number of alkyl halides is 5. The molecule has 0 bridgehead atoms. The number of hydrogen-bond acceptors (Lipinski definition) is 4. The Morgan fingerprint density at radius 2 is 1.54 bits per heavy atom. The van der Waals surface area contributed by atoms with Crippen LogP contribution in [0.1, 0.15) is 33.3 Å². The van der Waals surface area contributed by atoms with Crippen molar-refractivity contribution in [2.75, 3.05) is 13.6 Å². The van der Waals surface area contributed by atoms with E-state index < -0.39 is 36.4 Å². The number of rotatable bonds is 6. The first kappa shape index (κ1) is 22.6. The second-order valence-electron chi connectivity index (χ2n) is 7.52. The maximum Gasteiger partial charge on any atom is 0.499 e. The first-order valence-electron chi connectivity index (χ1n) is 8.63. The molecule has 0 atom stereocenters. The van der Waals surface area contributed by atoms with E-state index in [0.29, 0.717) is 12.1 Å². The van der Waals surface area contributed by atoms with Gasteiger partial charge in [0.2, 0.25) is 0 Å². The summed E-state index contributed by atoms with van der Waals surface area (Å²) in [5.41, 5.74) is 0.245. The molecule has 0 aliphatic carbocycles. The summed E-state index contributed by atoms with van der Waals surface area (Å²) in [4.78, 5) is 0. The minimum Gasteiger partial charge on any atom is -0.426 e. The summed E-state index contributed by atoms with van der Waals surface area (Å²) < 4.78 is 78.4. The molecule has 28 heavy (non-hydrogen) atoms. The Labute approximate surface area is 161 Å². The van der Waals surface area contributed by atoms with Crippen molar-refractivity contribution in [1.82, 2.24) is 5.32 Å². The number of nitrogens with one attached hydrogen (secondary N) is 1. The molecule has 1 saturated heterocycles. The Bertz CT molecular complexity index is 701. The average Bonchev–Trinajstić information content (AvgIpc) is 2.75. The van der Waals surface area contributed by atoms with Crippen LogP contribution in [0.15, 0.2) is 29.7 Å². The van der Waals surface area contributed by atoms with Gasteiger partial charge < -0.3 is 19.4 Å². The molecule has 1 aliphatic rings. The first-order valence-corrected chi connectivity index (χ1v) is 8.63. The standard InChI is InChI=1S/C18H23BF5NO3/c1-15(2)16(3,4)28-19(27-15)13(11-25-5)10-12-6-8-14(9-7-12)26-18(23,24)17(20,21)22/h6-10,25H,11H2,1-5H3. The number of likely N-dealkylation sites (N-methyl/N-ethyl adjacent to an activating group) is 1. The van der Waals surface area contributed by atoms with E-state index in [9.17, 15) is 22.0 Å². The highest BCUT2D eigenvalue weighted by Gasteiger charge is 2.61. The van der Waals surface area contributed by atoms with Crippen LogP contribution >= 0.6 is 0 Å². The van der Waals surface area contributed by atoms with Gasteiger partial charge in [0.25, 0.3) is 0 Å². The lowest BCUT2D eigenvalue weighted by Crippen LogP contribution is -2.41. The highest BCUT2D eigenvalue weighted by atomic mass is 19.4. The smallest absolute Gasteiger partial charge is 0.426 e. The van der Waals surface area contributed by atoms with Crippen LogP contribution in [-0.2, 0) is 9.31 Å². The van der Waals surface area contributed by atoms with Gasteiger partial charge in [0, 0.05) is 6.54 Å². The Kier molecular flexibility index (Phi) is 6.18. The molecule has 0 radical (unpaired) electrons. The first-order chi connectivity index (χ1) is 12.7. The summed E-state index contributed by atoms with van der Waals surface area (Å²) in [6.45, 7) is 8.09. The lowest BCUT2D eigenvalue weighted by atomic mass is 9.77. The molecule has 1 aliphatic heterocycles. The zero-order valence-corrected chi connectivity index (χ0v) is 16.3. The molecule has 0 amide bonds. The second-order valence-corrected chi connectivity index (χ2v) is 7.52. The molecule has 1 heterocycles. The van der Waals surface area contributed by atoms with Gasteiger partial charge in [0.15, 0.2) is 0 Å². The molecule has 0 saturated carbocycles. The maximum absolute atomic E-state index is 13.0. The molecule has 10 heteroatoms. The molecule has 1 fully saturated rings. The number of ether oxygens (including phenoxy) is 1. The minimum absolute atomic E-state index is 0.432. The van der Waals surface area contributed by atoms with Gasteiger partial charge in [0.05, 0.1) is 11.2 Å². The van der Waals surface area contributed by atoms with Crippen LogP contribution in [-0.4, -0.2) is 44.2 Å². The van der Waals surface area contributed by atoms with E-state index in [-0.39, 0.29) is 0 Å². The lowest BCUT2D eigenvalue weighted by molar-refractivity contribution is -0.360. The Balaban J connectivity index is 2.20. The SMILES string of the molecule is CNCC(=Cc1ccc(OC(F)(F)C(F)(F)F)cc1)B1OC(C)(C)C(C)(C)O1. The fourth-order valence-corrected chi connectivity index (χ4v) is 2.45. The predicted octanol–water partition coefficient (Wildman–Crippen LogP) is 4.45. The van der Waals surface area contributed by atoms with Crippen LogP contribution in [0, 0.1) is 0 Å². The van der Waals surface area contributed by atoms with Gasteiger partial charge in [-0.05, 0) is 57.9 Å². The molecule has 1 N–H and O–H groups in total. The quantitative estimate of drug-likeness (QED) is 0.559. The molecule has 1 aromatic carbocycles. The van der Waals surface area contributed by atoms with E-state index in [1.165, 1.54) is 12.1 Å². The van der Waals surface area contributed by atoms with E-state index in [1.54, 1.807) is 13.1 Å².